The minimum Gasteiger partial charge on any atom is -0.276 e. The van der Waals surface area contributed by atoms with Gasteiger partial charge in [-0.15, -0.1) is 16.4 Å². The number of hydrogen-bond acceptors (Lipinski definition) is 4. The SMILES string of the molecule is Cc1ccc(-n2c(-c3ccc(Cl)cc3)nn(CN3CCC[C@H]3c3cccs3)c2=S)cc1. The van der Waals surface area contributed by atoms with Gasteiger partial charge in [0.2, 0.25) is 4.77 Å². The number of likely N-dealkylation sites (tertiary alicyclic amines) is 1. The summed E-state index contributed by atoms with van der Waals surface area (Å²) in [5.74, 6) is 0.831. The Kier molecular flexibility index (Phi) is 5.80. The molecule has 5 rings (SSSR count). The predicted molar refractivity (Wildman–Crippen MR) is 131 cm³/mol. The van der Waals surface area contributed by atoms with E-state index >= 15 is 0 Å². The number of halogens is 1. The lowest BCUT2D eigenvalue weighted by Gasteiger charge is -2.23. The topological polar surface area (TPSA) is 26.0 Å². The fourth-order valence-electron chi connectivity index (χ4n) is 4.18. The summed E-state index contributed by atoms with van der Waals surface area (Å²) in [5, 5.41) is 7.84. The fourth-order valence-corrected chi connectivity index (χ4v) is 5.49. The Bertz CT molecular complexity index is 1220. The zero-order chi connectivity index (χ0) is 21.4. The largest absolute Gasteiger partial charge is 0.276 e. The summed E-state index contributed by atoms with van der Waals surface area (Å²) in [4.78, 5) is 3.90. The first-order chi connectivity index (χ1) is 15.1. The van der Waals surface area contributed by atoms with Crippen molar-refractivity contribution in [1.29, 1.82) is 0 Å². The van der Waals surface area contributed by atoms with Crippen molar-refractivity contribution < 1.29 is 0 Å². The third kappa shape index (κ3) is 4.13. The second kappa shape index (κ2) is 8.71. The first-order valence-electron chi connectivity index (χ1n) is 10.4. The van der Waals surface area contributed by atoms with E-state index < -0.39 is 0 Å². The Morgan fingerprint density at radius 1 is 1.10 bits per heavy atom. The van der Waals surface area contributed by atoms with Gasteiger partial charge in [0.25, 0.3) is 0 Å². The maximum atomic E-state index is 6.13. The maximum absolute atomic E-state index is 6.13. The van der Waals surface area contributed by atoms with Crippen molar-refractivity contribution in [2.75, 3.05) is 6.54 Å². The Morgan fingerprint density at radius 3 is 2.58 bits per heavy atom. The van der Waals surface area contributed by atoms with E-state index in [0.717, 1.165) is 23.6 Å². The Hall–Kier alpha value is -2.25. The van der Waals surface area contributed by atoms with Crippen molar-refractivity contribution >= 4 is 35.2 Å². The number of nitrogens with zero attached hydrogens (tertiary/aromatic N) is 4. The molecule has 4 nitrogen and oxygen atoms in total. The van der Waals surface area contributed by atoms with Gasteiger partial charge >= 0.3 is 0 Å². The van der Waals surface area contributed by atoms with E-state index in [2.05, 4.69) is 58.2 Å². The summed E-state index contributed by atoms with van der Waals surface area (Å²) >= 11 is 13.9. The van der Waals surface area contributed by atoms with Gasteiger partial charge in [-0.3, -0.25) is 9.47 Å². The normalized spacial score (nSPS) is 16.8. The van der Waals surface area contributed by atoms with Crippen LogP contribution in [0.2, 0.25) is 5.02 Å². The summed E-state index contributed by atoms with van der Waals surface area (Å²) in [6, 6.07) is 21.0. The molecule has 158 valence electrons. The molecule has 1 aliphatic heterocycles. The van der Waals surface area contributed by atoms with Gasteiger partial charge in [0, 0.05) is 33.7 Å². The van der Waals surface area contributed by atoms with Gasteiger partial charge in [-0.25, -0.2) is 4.68 Å². The molecule has 0 amide bonds. The average Bonchev–Trinajstić information content (AvgIpc) is 3.51. The number of benzene rings is 2. The molecule has 0 saturated carbocycles. The molecule has 3 heterocycles. The standard InChI is InChI=1S/C24H23ClN4S2/c1-17-6-12-20(13-7-17)29-23(18-8-10-19(25)11-9-18)26-28(24(29)30)16-27-14-2-4-21(27)22-5-3-15-31-22/h3,5-13,15,21H,2,4,14,16H2,1H3/t21-/m0/s1. The van der Waals surface area contributed by atoms with Crippen LogP contribution < -0.4 is 0 Å². The molecule has 1 fully saturated rings. The zero-order valence-corrected chi connectivity index (χ0v) is 19.6. The van der Waals surface area contributed by atoms with Crippen molar-refractivity contribution in [3.63, 3.8) is 0 Å². The number of aromatic nitrogens is 3. The van der Waals surface area contributed by atoms with Gasteiger partial charge in [-0.1, -0.05) is 35.4 Å². The molecule has 4 aromatic rings. The monoisotopic (exact) mass is 466 g/mol. The van der Waals surface area contributed by atoms with Crippen LogP contribution in [-0.2, 0) is 6.67 Å². The van der Waals surface area contributed by atoms with Gasteiger partial charge in [-0.2, -0.15) is 0 Å². The molecule has 1 saturated heterocycles. The van der Waals surface area contributed by atoms with E-state index in [-0.39, 0.29) is 0 Å². The van der Waals surface area contributed by atoms with Crippen LogP contribution in [0.5, 0.6) is 0 Å². The first kappa shape index (κ1) is 20.6. The van der Waals surface area contributed by atoms with Crippen LogP contribution in [0.1, 0.15) is 29.3 Å². The van der Waals surface area contributed by atoms with Crippen LogP contribution in [0.3, 0.4) is 0 Å². The van der Waals surface area contributed by atoms with E-state index in [0.29, 0.717) is 22.5 Å². The van der Waals surface area contributed by atoms with Crippen LogP contribution in [-0.4, -0.2) is 25.8 Å². The highest BCUT2D eigenvalue weighted by Crippen LogP contribution is 2.35. The third-order valence-electron chi connectivity index (χ3n) is 5.78. The quantitative estimate of drug-likeness (QED) is 0.299. The summed E-state index contributed by atoms with van der Waals surface area (Å²) in [6.07, 6.45) is 2.37. The number of thiophene rings is 1. The summed E-state index contributed by atoms with van der Waals surface area (Å²) < 4.78 is 4.73. The highest BCUT2D eigenvalue weighted by molar-refractivity contribution is 7.71. The molecule has 0 bridgehead atoms. The van der Waals surface area contributed by atoms with Gasteiger partial charge in [0.15, 0.2) is 5.82 Å². The molecule has 1 atom stereocenters. The van der Waals surface area contributed by atoms with Crippen molar-refractivity contribution in [2.24, 2.45) is 0 Å². The number of rotatable bonds is 5. The third-order valence-corrected chi connectivity index (χ3v) is 7.40. The highest BCUT2D eigenvalue weighted by atomic mass is 35.5. The molecule has 1 aliphatic rings. The van der Waals surface area contributed by atoms with E-state index in [1.807, 2.05) is 40.3 Å². The van der Waals surface area contributed by atoms with E-state index in [1.165, 1.54) is 23.3 Å². The summed E-state index contributed by atoms with van der Waals surface area (Å²) in [7, 11) is 0. The van der Waals surface area contributed by atoms with Crippen molar-refractivity contribution in [3.8, 4) is 17.1 Å². The molecular formula is C24H23ClN4S2. The van der Waals surface area contributed by atoms with Crippen LogP contribution in [0, 0.1) is 11.7 Å². The Labute approximate surface area is 196 Å². The van der Waals surface area contributed by atoms with Crippen molar-refractivity contribution in [2.45, 2.75) is 32.5 Å². The lowest BCUT2D eigenvalue weighted by molar-refractivity contribution is 0.192. The Morgan fingerprint density at radius 2 is 1.87 bits per heavy atom. The maximum Gasteiger partial charge on any atom is 0.204 e. The lowest BCUT2D eigenvalue weighted by Crippen LogP contribution is -2.26. The number of hydrogen-bond donors (Lipinski definition) is 0. The molecule has 31 heavy (non-hydrogen) atoms. The summed E-state index contributed by atoms with van der Waals surface area (Å²) in [5.41, 5.74) is 3.22. The smallest absolute Gasteiger partial charge is 0.204 e. The van der Waals surface area contributed by atoms with E-state index in [4.69, 9.17) is 28.9 Å². The average molecular weight is 467 g/mol. The highest BCUT2D eigenvalue weighted by Gasteiger charge is 2.28. The first-order valence-corrected chi connectivity index (χ1v) is 12.1. The fraction of sp³-hybridized carbons (Fsp3) is 0.250. The second-order valence-electron chi connectivity index (χ2n) is 7.91. The molecule has 0 aliphatic carbocycles. The van der Waals surface area contributed by atoms with Crippen molar-refractivity contribution in [1.82, 2.24) is 19.2 Å². The van der Waals surface area contributed by atoms with E-state index in [9.17, 15) is 0 Å². The van der Waals surface area contributed by atoms with Crippen LogP contribution in [0.25, 0.3) is 17.1 Å². The van der Waals surface area contributed by atoms with E-state index in [1.54, 1.807) is 0 Å². The van der Waals surface area contributed by atoms with Crippen LogP contribution in [0.4, 0.5) is 0 Å². The minimum atomic E-state index is 0.436. The lowest BCUT2D eigenvalue weighted by atomic mass is 10.2. The predicted octanol–water partition coefficient (Wildman–Crippen LogP) is 6.89. The molecule has 7 heteroatoms. The molecule has 0 radical (unpaired) electrons. The summed E-state index contributed by atoms with van der Waals surface area (Å²) in [6.45, 7) is 3.82. The molecule has 0 spiro atoms. The molecule has 2 aromatic carbocycles. The molecule has 0 N–H and O–H groups in total. The van der Waals surface area contributed by atoms with Crippen LogP contribution >= 0.6 is 35.2 Å². The van der Waals surface area contributed by atoms with Gasteiger partial charge in [-0.05, 0) is 79.8 Å². The van der Waals surface area contributed by atoms with Gasteiger partial charge < -0.3 is 0 Å². The molecule has 2 aromatic heterocycles. The van der Waals surface area contributed by atoms with Crippen LogP contribution in [0.15, 0.2) is 66.0 Å². The van der Waals surface area contributed by atoms with Gasteiger partial charge in [0.1, 0.15) is 0 Å². The van der Waals surface area contributed by atoms with Gasteiger partial charge in [0.05, 0.1) is 6.67 Å². The van der Waals surface area contributed by atoms with Crippen molar-refractivity contribution in [3.05, 3.63) is 86.3 Å². The minimum absolute atomic E-state index is 0.436. The number of aryl methyl sites for hydroxylation is 1. The molecular weight excluding hydrogens is 444 g/mol. The molecule has 0 unspecified atom stereocenters. The Balaban J connectivity index is 1.57. The second-order valence-corrected chi connectivity index (χ2v) is 9.69. The zero-order valence-electron chi connectivity index (χ0n) is 17.2.